The molecule has 0 aromatic carbocycles. The second-order valence-corrected chi connectivity index (χ2v) is 4.52. The molecule has 0 radical (unpaired) electrons. The number of hydrogen-bond acceptors (Lipinski definition) is 6. The van der Waals surface area contributed by atoms with Gasteiger partial charge in [0.1, 0.15) is 26.9 Å². The fourth-order valence-electron chi connectivity index (χ4n) is 1.56. The van der Waals surface area contributed by atoms with Gasteiger partial charge in [-0.25, -0.2) is 9.59 Å². The van der Waals surface area contributed by atoms with E-state index in [-0.39, 0.29) is 0 Å². The lowest BCUT2D eigenvalue weighted by Crippen LogP contribution is -2.41. The van der Waals surface area contributed by atoms with Crippen LogP contribution in [-0.4, -0.2) is 82.3 Å². The molecule has 4 amide bonds. The number of rotatable bonds is 11. The van der Waals surface area contributed by atoms with E-state index < -0.39 is 39.0 Å². The fraction of sp³-hybridized carbons (Fsp3) is 0.833. The van der Waals surface area contributed by atoms with Crippen molar-refractivity contribution in [3.8, 4) is 0 Å². The summed E-state index contributed by atoms with van der Waals surface area (Å²) in [6, 6.07) is -1.05. The highest BCUT2D eigenvalue weighted by atomic mass is 16.3. The molecule has 0 aliphatic heterocycles. The summed E-state index contributed by atoms with van der Waals surface area (Å²) >= 11 is 0. The third-order valence-electron chi connectivity index (χ3n) is 2.91. The monoisotopic (exact) mass is 322 g/mol. The number of nitrogens with zero attached hydrogens (tertiary/aromatic N) is 2. The van der Waals surface area contributed by atoms with Crippen LogP contribution < -0.4 is 10.6 Å². The largest absolute Gasteiger partial charge is 0.376 e. The van der Waals surface area contributed by atoms with Crippen molar-refractivity contribution in [1.29, 1.82) is 0 Å². The Morgan fingerprint density at radius 1 is 0.636 bits per heavy atom. The van der Waals surface area contributed by atoms with Gasteiger partial charge in [-0.05, 0) is 12.8 Å². The fourth-order valence-corrected chi connectivity index (χ4v) is 1.56. The molecule has 0 atom stereocenters. The molecular formula is C12H26N4O6. The van der Waals surface area contributed by atoms with Crippen LogP contribution in [-0.2, 0) is 0 Å². The highest BCUT2D eigenvalue weighted by molar-refractivity contribution is 5.74. The maximum absolute atomic E-state index is 11.3. The van der Waals surface area contributed by atoms with Crippen molar-refractivity contribution < 1.29 is 30.0 Å². The molecule has 0 aliphatic carbocycles. The van der Waals surface area contributed by atoms with Crippen molar-refractivity contribution in [2.75, 3.05) is 40.0 Å². The Hall–Kier alpha value is -1.62. The molecule has 0 rings (SSSR count). The van der Waals surface area contributed by atoms with Crippen LogP contribution in [0, 0.1) is 0 Å². The Morgan fingerprint density at radius 3 is 1.23 bits per heavy atom. The Morgan fingerprint density at radius 2 is 0.955 bits per heavy atom. The highest BCUT2D eigenvalue weighted by Gasteiger charge is 2.10. The normalized spacial score (nSPS) is 10.2. The van der Waals surface area contributed by atoms with Gasteiger partial charge in [0.25, 0.3) is 0 Å². The van der Waals surface area contributed by atoms with Gasteiger partial charge in [-0.1, -0.05) is 12.8 Å². The van der Waals surface area contributed by atoms with Gasteiger partial charge >= 0.3 is 12.1 Å². The molecule has 0 aliphatic rings. The molecule has 0 fully saturated rings. The minimum atomic E-state index is -0.541. The van der Waals surface area contributed by atoms with E-state index in [9.17, 15) is 9.59 Å². The van der Waals surface area contributed by atoms with Crippen LogP contribution in [0.5, 0.6) is 0 Å². The van der Waals surface area contributed by atoms with Gasteiger partial charge in [-0.2, -0.15) is 0 Å². The van der Waals surface area contributed by atoms with E-state index in [2.05, 4.69) is 10.6 Å². The number of carbonyl (C=O) groups is 2. The number of aliphatic hydroxyl groups is 4. The van der Waals surface area contributed by atoms with Gasteiger partial charge in [-0.15, -0.1) is 0 Å². The zero-order valence-corrected chi connectivity index (χ0v) is 12.6. The minimum absolute atomic E-state index is 0.435. The first-order chi connectivity index (χ1) is 10.6. The maximum atomic E-state index is 11.3. The number of aliphatic hydroxyl groups excluding tert-OH is 4. The molecule has 130 valence electrons. The average molecular weight is 322 g/mol. The first kappa shape index (κ1) is 20.4. The average Bonchev–Trinajstić information content (AvgIpc) is 2.52. The standard InChI is InChI=1S/C12H26N4O6/c17-7-15(8-18)11(21)13-5-3-1-2-4-6-14-12(22)16(9-19)10-20/h17-20H,1-10H2,(H,13,21)(H,14,22). The topological polar surface area (TPSA) is 146 Å². The number of urea groups is 2. The van der Waals surface area contributed by atoms with Crippen LogP contribution >= 0.6 is 0 Å². The lowest BCUT2D eigenvalue weighted by Gasteiger charge is -2.17. The Bertz CT molecular complexity index is 280. The number of hydrogen-bond donors (Lipinski definition) is 6. The molecule has 0 spiro atoms. The molecule has 0 bridgehead atoms. The van der Waals surface area contributed by atoms with E-state index >= 15 is 0 Å². The summed E-state index contributed by atoms with van der Waals surface area (Å²) in [5.74, 6) is 0. The van der Waals surface area contributed by atoms with E-state index in [4.69, 9.17) is 20.4 Å². The lowest BCUT2D eigenvalue weighted by molar-refractivity contribution is 0.0559. The van der Waals surface area contributed by atoms with E-state index in [0.717, 1.165) is 35.5 Å². The first-order valence-corrected chi connectivity index (χ1v) is 7.09. The number of carbonyl (C=O) groups excluding carboxylic acids is 2. The number of amides is 4. The summed E-state index contributed by atoms with van der Waals surface area (Å²) in [5.41, 5.74) is 0. The zero-order valence-electron chi connectivity index (χ0n) is 12.6. The smallest absolute Gasteiger partial charge is 0.321 e. The van der Waals surface area contributed by atoms with E-state index in [0.29, 0.717) is 13.1 Å². The number of unbranched alkanes of at least 4 members (excludes halogenated alkanes) is 3. The van der Waals surface area contributed by atoms with Crippen molar-refractivity contribution in [2.45, 2.75) is 25.7 Å². The SMILES string of the molecule is O=C(NCCCCCCNC(=O)N(CO)CO)N(CO)CO. The molecule has 0 aromatic heterocycles. The molecule has 0 saturated heterocycles. The van der Waals surface area contributed by atoms with Crippen molar-refractivity contribution in [3.05, 3.63) is 0 Å². The third kappa shape index (κ3) is 8.62. The Balaban J connectivity index is 3.51. The summed E-state index contributed by atoms with van der Waals surface area (Å²) in [6.45, 7) is -1.29. The second-order valence-electron chi connectivity index (χ2n) is 4.52. The quantitative estimate of drug-likeness (QED) is 0.199. The van der Waals surface area contributed by atoms with Crippen LogP contribution in [0.2, 0.25) is 0 Å². The van der Waals surface area contributed by atoms with Gasteiger partial charge in [0, 0.05) is 13.1 Å². The summed E-state index contributed by atoms with van der Waals surface area (Å²) in [5, 5.41) is 40.1. The third-order valence-corrected chi connectivity index (χ3v) is 2.91. The van der Waals surface area contributed by atoms with Crippen LogP contribution in [0.15, 0.2) is 0 Å². The van der Waals surface area contributed by atoms with Crippen molar-refractivity contribution in [3.63, 3.8) is 0 Å². The molecule has 6 N–H and O–H groups in total. The minimum Gasteiger partial charge on any atom is -0.376 e. The van der Waals surface area contributed by atoms with Gasteiger partial charge in [-0.3, -0.25) is 9.80 Å². The maximum Gasteiger partial charge on any atom is 0.321 e. The predicted molar refractivity (Wildman–Crippen MR) is 77.3 cm³/mol. The van der Waals surface area contributed by atoms with Crippen molar-refractivity contribution in [1.82, 2.24) is 20.4 Å². The lowest BCUT2D eigenvalue weighted by atomic mass is 10.2. The van der Waals surface area contributed by atoms with Crippen LogP contribution in [0.1, 0.15) is 25.7 Å². The first-order valence-electron chi connectivity index (χ1n) is 7.09. The Labute approximate surface area is 129 Å². The summed E-state index contributed by atoms with van der Waals surface area (Å²) in [4.78, 5) is 24.4. The highest BCUT2D eigenvalue weighted by Crippen LogP contribution is 1.98. The van der Waals surface area contributed by atoms with E-state index in [1.54, 1.807) is 0 Å². The van der Waals surface area contributed by atoms with E-state index in [1.807, 2.05) is 0 Å². The molecule has 0 aromatic rings. The van der Waals surface area contributed by atoms with Gasteiger partial charge in [0.15, 0.2) is 0 Å². The molecule has 22 heavy (non-hydrogen) atoms. The van der Waals surface area contributed by atoms with Crippen molar-refractivity contribution >= 4 is 12.1 Å². The van der Waals surface area contributed by atoms with Gasteiger partial charge in [0.2, 0.25) is 0 Å². The van der Waals surface area contributed by atoms with Crippen LogP contribution in [0.4, 0.5) is 9.59 Å². The van der Waals surface area contributed by atoms with Gasteiger partial charge in [0.05, 0.1) is 0 Å². The summed E-state index contributed by atoms with van der Waals surface area (Å²) in [7, 11) is 0. The summed E-state index contributed by atoms with van der Waals surface area (Å²) < 4.78 is 0. The molecule has 0 unspecified atom stereocenters. The summed E-state index contributed by atoms with van der Waals surface area (Å²) in [6.07, 6.45) is 3.17. The molecular weight excluding hydrogens is 296 g/mol. The molecule has 10 nitrogen and oxygen atoms in total. The van der Waals surface area contributed by atoms with Gasteiger partial charge < -0.3 is 31.1 Å². The van der Waals surface area contributed by atoms with Crippen LogP contribution in [0.25, 0.3) is 0 Å². The van der Waals surface area contributed by atoms with Crippen molar-refractivity contribution in [2.24, 2.45) is 0 Å². The molecule has 0 saturated carbocycles. The zero-order chi connectivity index (χ0) is 16.8. The van der Waals surface area contributed by atoms with Crippen LogP contribution in [0.3, 0.4) is 0 Å². The molecule has 10 heteroatoms. The Kier molecular flexibility index (Phi) is 12.1. The predicted octanol–water partition coefficient (Wildman–Crippen LogP) is -1.63. The van der Waals surface area contributed by atoms with E-state index in [1.165, 1.54) is 0 Å². The number of nitrogens with one attached hydrogen (secondary N) is 2. The second kappa shape index (κ2) is 13.1. The molecule has 0 heterocycles.